The summed E-state index contributed by atoms with van der Waals surface area (Å²) in [6.07, 6.45) is 3.15. The Balaban J connectivity index is 2.13. The molecule has 1 aromatic heterocycles. The van der Waals surface area contributed by atoms with Crippen LogP contribution >= 0.6 is 0 Å². The summed E-state index contributed by atoms with van der Waals surface area (Å²) in [5.74, 6) is 0.111. The van der Waals surface area contributed by atoms with Gasteiger partial charge < -0.3 is 20.7 Å². The Bertz CT molecular complexity index is 539. The molecule has 21 heavy (non-hydrogen) atoms. The van der Waals surface area contributed by atoms with Gasteiger partial charge in [0.25, 0.3) is 0 Å². The average Bonchev–Trinajstić information content (AvgIpc) is 2.47. The molecule has 2 rings (SSSR count). The van der Waals surface area contributed by atoms with E-state index in [4.69, 9.17) is 10.5 Å². The molecule has 2 heterocycles. The van der Waals surface area contributed by atoms with Gasteiger partial charge in [-0.05, 0) is 18.9 Å². The normalized spacial score (nSPS) is 15.6. The molecule has 0 aliphatic carbocycles. The second-order valence-corrected chi connectivity index (χ2v) is 5.09. The minimum absolute atomic E-state index is 0.0192. The number of piperidine rings is 1. The van der Waals surface area contributed by atoms with Crippen molar-refractivity contribution < 1.29 is 14.3 Å². The van der Waals surface area contributed by atoms with E-state index >= 15 is 0 Å². The van der Waals surface area contributed by atoms with Crippen molar-refractivity contribution in [2.75, 3.05) is 30.8 Å². The van der Waals surface area contributed by atoms with Gasteiger partial charge in [0.1, 0.15) is 11.4 Å². The molecule has 0 unspecified atom stereocenters. The zero-order valence-corrected chi connectivity index (χ0v) is 12.3. The van der Waals surface area contributed by atoms with E-state index in [1.54, 1.807) is 6.07 Å². The first kappa shape index (κ1) is 15.1. The minimum Gasteiger partial charge on any atom is -0.465 e. The number of hydrogen-bond donors (Lipinski definition) is 2. The van der Waals surface area contributed by atoms with E-state index < -0.39 is 5.97 Å². The lowest BCUT2D eigenvalue weighted by Gasteiger charge is -2.33. The van der Waals surface area contributed by atoms with Crippen molar-refractivity contribution in [1.29, 1.82) is 0 Å². The highest BCUT2D eigenvalue weighted by Gasteiger charge is 2.24. The van der Waals surface area contributed by atoms with Crippen molar-refractivity contribution in [3.63, 3.8) is 0 Å². The Morgan fingerprint density at radius 2 is 2.10 bits per heavy atom. The van der Waals surface area contributed by atoms with Gasteiger partial charge in [-0.25, -0.2) is 9.78 Å². The SMILES string of the molecule is COC(=O)c1cc(N)cnc1N1CCC(NC(C)=O)CC1. The molecular weight excluding hydrogens is 272 g/mol. The van der Waals surface area contributed by atoms with Gasteiger partial charge in [0, 0.05) is 26.1 Å². The zero-order valence-electron chi connectivity index (χ0n) is 12.3. The van der Waals surface area contributed by atoms with E-state index in [1.165, 1.54) is 20.2 Å². The fourth-order valence-corrected chi connectivity index (χ4v) is 2.51. The summed E-state index contributed by atoms with van der Waals surface area (Å²) in [6, 6.07) is 1.75. The molecule has 1 aliphatic rings. The van der Waals surface area contributed by atoms with Crippen molar-refractivity contribution in [1.82, 2.24) is 10.3 Å². The van der Waals surface area contributed by atoms with E-state index in [0.29, 0.717) is 30.2 Å². The first-order chi connectivity index (χ1) is 10.0. The predicted molar refractivity (Wildman–Crippen MR) is 79.0 cm³/mol. The Hall–Kier alpha value is -2.31. The number of carbonyl (C=O) groups is 2. The maximum absolute atomic E-state index is 11.8. The first-order valence-electron chi connectivity index (χ1n) is 6.87. The molecule has 0 aromatic carbocycles. The van der Waals surface area contributed by atoms with Gasteiger partial charge in [-0.15, -0.1) is 0 Å². The maximum atomic E-state index is 11.8. The van der Waals surface area contributed by atoms with Crippen molar-refractivity contribution >= 4 is 23.4 Å². The largest absolute Gasteiger partial charge is 0.465 e. The summed E-state index contributed by atoms with van der Waals surface area (Å²) in [6.45, 7) is 2.95. The molecule has 114 valence electrons. The number of nitrogen functional groups attached to an aromatic ring is 1. The van der Waals surface area contributed by atoms with Crippen LogP contribution in [-0.4, -0.2) is 43.1 Å². The monoisotopic (exact) mass is 292 g/mol. The molecule has 0 bridgehead atoms. The smallest absolute Gasteiger partial charge is 0.341 e. The van der Waals surface area contributed by atoms with E-state index in [0.717, 1.165) is 12.8 Å². The Kier molecular flexibility index (Phi) is 4.62. The topological polar surface area (TPSA) is 97.6 Å². The average molecular weight is 292 g/mol. The minimum atomic E-state index is -0.450. The van der Waals surface area contributed by atoms with Gasteiger partial charge in [-0.1, -0.05) is 0 Å². The van der Waals surface area contributed by atoms with E-state index in [-0.39, 0.29) is 11.9 Å². The van der Waals surface area contributed by atoms with Crippen LogP contribution in [0.5, 0.6) is 0 Å². The number of rotatable bonds is 3. The molecule has 0 atom stereocenters. The maximum Gasteiger partial charge on any atom is 0.341 e. The molecule has 1 amide bonds. The highest BCUT2D eigenvalue weighted by Crippen LogP contribution is 2.24. The molecule has 0 spiro atoms. The van der Waals surface area contributed by atoms with Crippen LogP contribution in [-0.2, 0) is 9.53 Å². The molecule has 0 saturated carbocycles. The number of aromatic nitrogens is 1. The fraction of sp³-hybridized carbons (Fsp3) is 0.500. The number of nitrogens with one attached hydrogen (secondary N) is 1. The standard InChI is InChI=1S/C14H20N4O3/c1-9(19)17-11-3-5-18(6-4-11)13-12(14(20)21-2)7-10(15)8-16-13/h7-8,11H,3-6,15H2,1-2H3,(H,17,19). The van der Waals surface area contributed by atoms with Gasteiger partial charge in [-0.3, -0.25) is 4.79 Å². The lowest BCUT2D eigenvalue weighted by Crippen LogP contribution is -2.44. The molecule has 7 nitrogen and oxygen atoms in total. The summed E-state index contributed by atoms with van der Waals surface area (Å²) in [5.41, 5.74) is 6.48. The number of nitrogens with zero attached hydrogens (tertiary/aromatic N) is 2. The quantitative estimate of drug-likeness (QED) is 0.790. The Labute approximate surface area is 123 Å². The number of nitrogens with two attached hydrogens (primary N) is 1. The highest BCUT2D eigenvalue weighted by molar-refractivity contribution is 5.95. The molecule has 1 aromatic rings. The second kappa shape index (κ2) is 6.43. The number of esters is 1. The molecule has 1 fully saturated rings. The number of ether oxygens (including phenoxy) is 1. The van der Waals surface area contributed by atoms with Crippen LogP contribution in [0.2, 0.25) is 0 Å². The van der Waals surface area contributed by atoms with E-state index in [2.05, 4.69) is 10.3 Å². The van der Waals surface area contributed by atoms with E-state index in [9.17, 15) is 9.59 Å². The van der Waals surface area contributed by atoms with Crippen LogP contribution in [0.25, 0.3) is 0 Å². The van der Waals surface area contributed by atoms with Crippen molar-refractivity contribution in [2.45, 2.75) is 25.8 Å². The summed E-state index contributed by atoms with van der Waals surface area (Å²) >= 11 is 0. The molecule has 0 radical (unpaired) electrons. The predicted octanol–water partition coefficient (Wildman–Crippen LogP) is 0.555. The zero-order chi connectivity index (χ0) is 15.4. The molecule has 7 heteroatoms. The van der Waals surface area contributed by atoms with Crippen LogP contribution in [0.4, 0.5) is 11.5 Å². The first-order valence-corrected chi connectivity index (χ1v) is 6.87. The van der Waals surface area contributed by atoms with Gasteiger partial charge in [-0.2, -0.15) is 0 Å². The van der Waals surface area contributed by atoms with E-state index in [1.807, 2.05) is 4.90 Å². The number of carbonyl (C=O) groups excluding carboxylic acids is 2. The number of anilines is 2. The Morgan fingerprint density at radius 3 is 2.67 bits per heavy atom. The number of amides is 1. The number of methoxy groups -OCH3 is 1. The molecule has 1 aliphatic heterocycles. The summed E-state index contributed by atoms with van der Waals surface area (Å²) in [7, 11) is 1.33. The highest BCUT2D eigenvalue weighted by atomic mass is 16.5. The van der Waals surface area contributed by atoms with Crippen LogP contribution in [0.15, 0.2) is 12.3 Å². The van der Waals surface area contributed by atoms with Crippen molar-refractivity contribution in [3.8, 4) is 0 Å². The van der Waals surface area contributed by atoms with Gasteiger partial charge >= 0.3 is 5.97 Å². The fourth-order valence-electron chi connectivity index (χ4n) is 2.51. The van der Waals surface area contributed by atoms with Gasteiger partial charge in [0.05, 0.1) is 19.0 Å². The van der Waals surface area contributed by atoms with Crippen LogP contribution < -0.4 is 16.0 Å². The van der Waals surface area contributed by atoms with Gasteiger partial charge in [0.15, 0.2) is 0 Å². The number of hydrogen-bond acceptors (Lipinski definition) is 6. The van der Waals surface area contributed by atoms with Crippen molar-refractivity contribution in [3.05, 3.63) is 17.8 Å². The third-order valence-electron chi connectivity index (χ3n) is 3.50. The van der Waals surface area contributed by atoms with Gasteiger partial charge in [0.2, 0.25) is 5.91 Å². The lowest BCUT2D eigenvalue weighted by atomic mass is 10.0. The lowest BCUT2D eigenvalue weighted by molar-refractivity contribution is -0.119. The molecular formula is C14H20N4O3. The van der Waals surface area contributed by atoms with Crippen LogP contribution in [0, 0.1) is 0 Å². The summed E-state index contributed by atoms with van der Waals surface area (Å²) < 4.78 is 4.78. The summed E-state index contributed by atoms with van der Waals surface area (Å²) in [4.78, 5) is 29.2. The van der Waals surface area contributed by atoms with Crippen LogP contribution in [0.3, 0.4) is 0 Å². The number of pyridine rings is 1. The summed E-state index contributed by atoms with van der Waals surface area (Å²) in [5, 5.41) is 2.91. The third kappa shape index (κ3) is 3.62. The van der Waals surface area contributed by atoms with Crippen LogP contribution in [0.1, 0.15) is 30.1 Å². The molecule has 1 saturated heterocycles. The second-order valence-electron chi connectivity index (χ2n) is 5.09. The Morgan fingerprint density at radius 1 is 1.43 bits per heavy atom. The third-order valence-corrected chi connectivity index (χ3v) is 3.50. The van der Waals surface area contributed by atoms with Crippen molar-refractivity contribution in [2.24, 2.45) is 0 Å². The molecule has 3 N–H and O–H groups in total.